The van der Waals surface area contributed by atoms with Crippen molar-refractivity contribution in [3.8, 4) is 17.0 Å². The van der Waals surface area contributed by atoms with E-state index in [9.17, 15) is 4.39 Å². The maximum absolute atomic E-state index is 12.6. The Labute approximate surface area is 184 Å². The van der Waals surface area contributed by atoms with E-state index in [-0.39, 0.29) is 6.61 Å². The molecule has 1 saturated carbocycles. The second-order valence-corrected chi connectivity index (χ2v) is 8.79. The Morgan fingerprint density at radius 2 is 2.03 bits per heavy atom. The third-order valence-electron chi connectivity index (χ3n) is 5.83. The molecule has 7 heteroatoms. The van der Waals surface area contributed by atoms with Crippen molar-refractivity contribution < 1.29 is 9.13 Å². The average Bonchev–Trinajstić information content (AvgIpc) is 3.27. The molecule has 160 valence electrons. The minimum atomic E-state index is -0.504. The van der Waals surface area contributed by atoms with Crippen LogP contribution in [-0.2, 0) is 0 Å². The third-order valence-corrected chi connectivity index (χ3v) is 6.70. The van der Waals surface area contributed by atoms with Crippen molar-refractivity contribution in [2.45, 2.75) is 32.2 Å². The van der Waals surface area contributed by atoms with Crippen LogP contribution < -0.4 is 15.8 Å². The quantitative estimate of drug-likeness (QED) is 0.348. The number of fused-ring (bicyclic) bond motifs is 1. The molecule has 2 aromatic heterocycles. The summed E-state index contributed by atoms with van der Waals surface area (Å²) < 4.78 is 20.5. The lowest BCUT2D eigenvalue weighted by Crippen LogP contribution is -2.18. The number of aryl methyl sites for hydroxylation is 1. The maximum Gasteiger partial charge on any atom is 0.187 e. The number of hydrogen-bond acceptors (Lipinski definition) is 5. The van der Waals surface area contributed by atoms with Gasteiger partial charge in [0.25, 0.3) is 0 Å². The lowest BCUT2D eigenvalue weighted by Gasteiger charge is -2.30. The first-order valence-corrected chi connectivity index (χ1v) is 11.4. The number of nitrogens with two attached hydrogens (primary N) is 1. The molecule has 2 aromatic carbocycles. The maximum atomic E-state index is 12.6. The predicted octanol–water partition coefficient (Wildman–Crippen LogP) is 6.47. The molecule has 1 aliphatic carbocycles. The summed E-state index contributed by atoms with van der Waals surface area (Å²) in [5.41, 5.74) is 12.6. The zero-order chi connectivity index (χ0) is 21.4. The van der Waals surface area contributed by atoms with Crippen LogP contribution in [0.2, 0.25) is 0 Å². The Kier molecular flexibility index (Phi) is 5.28. The van der Waals surface area contributed by atoms with E-state index in [2.05, 4.69) is 39.1 Å². The number of hydrogen-bond donors (Lipinski definition) is 2. The number of nitrogens with one attached hydrogen (secondary N) is 1. The molecule has 0 amide bonds. The van der Waals surface area contributed by atoms with Crippen molar-refractivity contribution in [2.75, 3.05) is 24.3 Å². The lowest BCUT2D eigenvalue weighted by atomic mass is 9.92. The van der Waals surface area contributed by atoms with Crippen molar-refractivity contribution in [3.63, 3.8) is 0 Å². The van der Waals surface area contributed by atoms with Gasteiger partial charge in [-0.15, -0.1) is 11.3 Å². The van der Waals surface area contributed by atoms with Gasteiger partial charge in [-0.2, -0.15) is 0 Å². The number of ether oxygens (including phenoxy) is 1. The summed E-state index contributed by atoms with van der Waals surface area (Å²) >= 11 is 1.59. The largest absolute Gasteiger partial charge is 0.491 e. The minimum Gasteiger partial charge on any atom is -0.491 e. The standard InChI is InChI=1S/C24H25FN4OS/c1-15-14-31-24(27-15)28-17-7-5-16(6-8-17)23-22(26)20-10-9-19(30-12-11-25)13-21(20)29(23)18-3-2-4-18/h5-10,13-14,18H,2-4,11-12,26H2,1H3,(H,27,28). The zero-order valence-corrected chi connectivity index (χ0v) is 18.2. The van der Waals surface area contributed by atoms with E-state index < -0.39 is 6.67 Å². The summed E-state index contributed by atoms with van der Waals surface area (Å²) in [4.78, 5) is 4.46. The molecule has 0 saturated heterocycles. The molecule has 3 N–H and O–H groups in total. The van der Waals surface area contributed by atoms with E-state index in [1.54, 1.807) is 11.3 Å². The van der Waals surface area contributed by atoms with Gasteiger partial charge in [-0.05, 0) is 50.5 Å². The van der Waals surface area contributed by atoms with E-state index in [1.807, 2.05) is 30.5 Å². The van der Waals surface area contributed by atoms with Gasteiger partial charge < -0.3 is 20.4 Å². The summed E-state index contributed by atoms with van der Waals surface area (Å²) in [5, 5.41) is 7.27. The number of alkyl halides is 1. The number of thiazole rings is 1. The van der Waals surface area contributed by atoms with Gasteiger partial charge in [-0.1, -0.05) is 12.1 Å². The normalized spacial score (nSPS) is 14.0. The highest BCUT2D eigenvalue weighted by Gasteiger charge is 2.27. The Morgan fingerprint density at radius 3 is 2.68 bits per heavy atom. The van der Waals surface area contributed by atoms with Crippen molar-refractivity contribution in [3.05, 3.63) is 53.5 Å². The summed E-state index contributed by atoms with van der Waals surface area (Å²) in [7, 11) is 0. The molecule has 0 bridgehead atoms. The second kappa shape index (κ2) is 8.23. The minimum absolute atomic E-state index is 0.0606. The molecule has 2 heterocycles. The van der Waals surface area contributed by atoms with Gasteiger partial charge in [0.1, 0.15) is 19.0 Å². The number of nitrogens with zero attached hydrogens (tertiary/aromatic N) is 2. The highest BCUT2D eigenvalue weighted by atomic mass is 32.1. The van der Waals surface area contributed by atoms with Crippen LogP contribution in [0.1, 0.15) is 31.0 Å². The van der Waals surface area contributed by atoms with E-state index in [1.165, 1.54) is 6.42 Å². The van der Waals surface area contributed by atoms with Crippen LogP contribution in [0, 0.1) is 6.92 Å². The first kappa shape index (κ1) is 19.9. The SMILES string of the molecule is Cc1csc(Nc2ccc(-c3c(N)c4ccc(OCCF)cc4n3C3CCC3)cc2)n1. The number of aromatic nitrogens is 2. The number of benzene rings is 2. The molecule has 0 unspecified atom stereocenters. The molecule has 1 fully saturated rings. The van der Waals surface area contributed by atoms with Crippen molar-refractivity contribution in [1.29, 1.82) is 0 Å². The van der Waals surface area contributed by atoms with Crippen molar-refractivity contribution >= 4 is 38.7 Å². The Balaban J connectivity index is 1.54. The molecule has 1 aliphatic rings. The lowest BCUT2D eigenvalue weighted by molar-refractivity contribution is 0.273. The number of anilines is 3. The Morgan fingerprint density at radius 1 is 1.23 bits per heavy atom. The summed E-state index contributed by atoms with van der Waals surface area (Å²) in [5.74, 6) is 0.674. The van der Waals surface area contributed by atoms with Gasteiger partial charge in [-0.25, -0.2) is 9.37 Å². The molecule has 0 atom stereocenters. The predicted molar refractivity (Wildman–Crippen MR) is 126 cm³/mol. The third kappa shape index (κ3) is 3.74. The molecule has 5 rings (SSSR count). The zero-order valence-electron chi connectivity index (χ0n) is 17.4. The van der Waals surface area contributed by atoms with Crippen LogP contribution in [0.25, 0.3) is 22.2 Å². The van der Waals surface area contributed by atoms with Gasteiger partial charge in [0.15, 0.2) is 5.13 Å². The molecule has 5 nitrogen and oxygen atoms in total. The molecular formula is C24H25FN4OS. The fourth-order valence-electron chi connectivity index (χ4n) is 4.13. The molecular weight excluding hydrogens is 411 g/mol. The fraction of sp³-hybridized carbons (Fsp3) is 0.292. The van der Waals surface area contributed by atoms with Crippen LogP contribution >= 0.6 is 11.3 Å². The van der Waals surface area contributed by atoms with Gasteiger partial charge in [-0.3, -0.25) is 0 Å². The summed E-state index contributed by atoms with van der Waals surface area (Å²) in [6, 6.07) is 14.6. The van der Waals surface area contributed by atoms with Crippen LogP contribution in [0.3, 0.4) is 0 Å². The highest BCUT2D eigenvalue weighted by Crippen LogP contribution is 2.45. The Bertz CT molecular complexity index is 1210. The van der Waals surface area contributed by atoms with Crippen LogP contribution in [-0.4, -0.2) is 22.8 Å². The molecule has 0 aliphatic heterocycles. The second-order valence-electron chi connectivity index (χ2n) is 7.93. The topological polar surface area (TPSA) is 65.1 Å². The number of halogens is 1. The van der Waals surface area contributed by atoms with Gasteiger partial charge in [0, 0.05) is 34.1 Å². The average molecular weight is 437 g/mol. The van der Waals surface area contributed by atoms with E-state index >= 15 is 0 Å². The van der Waals surface area contributed by atoms with Crippen LogP contribution in [0.5, 0.6) is 5.75 Å². The molecule has 4 aromatic rings. The van der Waals surface area contributed by atoms with Crippen LogP contribution in [0.4, 0.5) is 20.9 Å². The van der Waals surface area contributed by atoms with E-state index in [0.29, 0.717) is 11.8 Å². The van der Waals surface area contributed by atoms with E-state index in [4.69, 9.17) is 10.5 Å². The van der Waals surface area contributed by atoms with Gasteiger partial charge >= 0.3 is 0 Å². The molecule has 0 spiro atoms. The smallest absolute Gasteiger partial charge is 0.187 e. The fourth-order valence-corrected chi connectivity index (χ4v) is 4.84. The van der Waals surface area contributed by atoms with Gasteiger partial charge in [0.05, 0.1) is 22.6 Å². The monoisotopic (exact) mass is 436 g/mol. The molecule has 0 radical (unpaired) electrons. The Hall–Kier alpha value is -3.06. The van der Waals surface area contributed by atoms with Crippen molar-refractivity contribution in [2.24, 2.45) is 0 Å². The number of rotatable bonds is 7. The summed E-state index contributed by atoms with van der Waals surface area (Å²) in [6.45, 7) is 1.54. The van der Waals surface area contributed by atoms with Gasteiger partial charge in [0.2, 0.25) is 0 Å². The number of nitrogen functional groups attached to an aromatic ring is 1. The van der Waals surface area contributed by atoms with E-state index in [0.717, 1.165) is 57.2 Å². The first-order valence-electron chi connectivity index (χ1n) is 10.6. The molecule has 31 heavy (non-hydrogen) atoms. The highest BCUT2D eigenvalue weighted by molar-refractivity contribution is 7.13. The van der Waals surface area contributed by atoms with Crippen LogP contribution in [0.15, 0.2) is 47.8 Å². The van der Waals surface area contributed by atoms with Crippen molar-refractivity contribution in [1.82, 2.24) is 9.55 Å². The first-order chi connectivity index (χ1) is 15.1. The summed E-state index contributed by atoms with van der Waals surface area (Å²) in [6.07, 6.45) is 3.49.